The maximum atomic E-state index is 12.9. The molecule has 124 valence electrons. The van der Waals surface area contributed by atoms with Crippen molar-refractivity contribution in [2.75, 3.05) is 37.7 Å². The molecular formula is C16H22N4OS2. The average Bonchev–Trinajstić information content (AvgIpc) is 3.15. The number of hydrogen-bond donors (Lipinski definition) is 0. The van der Waals surface area contributed by atoms with Gasteiger partial charge in [0, 0.05) is 55.3 Å². The number of thiazole rings is 1. The Morgan fingerprint density at radius 3 is 2.70 bits per heavy atom. The van der Waals surface area contributed by atoms with E-state index in [0.29, 0.717) is 6.04 Å². The van der Waals surface area contributed by atoms with Crippen LogP contribution in [0, 0.1) is 6.92 Å². The Hall–Kier alpha value is -1.05. The lowest BCUT2D eigenvalue weighted by Gasteiger charge is -2.40. The third-order valence-corrected chi connectivity index (χ3v) is 6.65. The monoisotopic (exact) mass is 350 g/mol. The highest BCUT2D eigenvalue weighted by Gasteiger charge is 2.30. The summed E-state index contributed by atoms with van der Waals surface area (Å²) in [5.41, 5.74) is 1.59. The maximum Gasteiger partial charge on any atom is 0.272 e. The van der Waals surface area contributed by atoms with E-state index >= 15 is 0 Å². The van der Waals surface area contributed by atoms with Crippen molar-refractivity contribution in [1.82, 2.24) is 19.2 Å². The van der Waals surface area contributed by atoms with E-state index in [2.05, 4.69) is 21.6 Å². The fourth-order valence-corrected chi connectivity index (χ4v) is 5.37. The van der Waals surface area contributed by atoms with Gasteiger partial charge in [0.25, 0.3) is 5.91 Å². The SMILES string of the molecule is Cc1nc2sccn2c1C(=O)N1CCC(N2CCSCC2)CC1. The summed E-state index contributed by atoms with van der Waals surface area (Å²) in [5, 5.41) is 1.99. The molecular weight excluding hydrogens is 328 g/mol. The Kier molecular flexibility index (Phi) is 4.34. The summed E-state index contributed by atoms with van der Waals surface area (Å²) in [6.45, 7) is 6.08. The van der Waals surface area contributed by atoms with Gasteiger partial charge in [0.2, 0.25) is 0 Å². The number of hydrogen-bond acceptors (Lipinski definition) is 5. The van der Waals surface area contributed by atoms with Gasteiger partial charge in [-0.3, -0.25) is 14.1 Å². The van der Waals surface area contributed by atoms with Crippen molar-refractivity contribution in [2.24, 2.45) is 0 Å². The first kappa shape index (κ1) is 15.5. The van der Waals surface area contributed by atoms with E-state index in [0.717, 1.165) is 42.3 Å². The van der Waals surface area contributed by atoms with Crippen LogP contribution in [-0.4, -0.2) is 68.8 Å². The number of likely N-dealkylation sites (tertiary alicyclic amines) is 1. The van der Waals surface area contributed by atoms with Crippen LogP contribution in [0.3, 0.4) is 0 Å². The Bertz CT molecular complexity index is 696. The van der Waals surface area contributed by atoms with Crippen LogP contribution < -0.4 is 0 Å². The van der Waals surface area contributed by atoms with Crippen LogP contribution in [0.4, 0.5) is 0 Å². The number of aromatic nitrogens is 2. The van der Waals surface area contributed by atoms with Crippen molar-refractivity contribution in [3.8, 4) is 0 Å². The summed E-state index contributed by atoms with van der Waals surface area (Å²) in [5.74, 6) is 2.65. The van der Waals surface area contributed by atoms with Crippen molar-refractivity contribution >= 4 is 34.0 Å². The van der Waals surface area contributed by atoms with E-state index in [1.807, 2.05) is 27.8 Å². The van der Waals surface area contributed by atoms with E-state index in [1.165, 1.54) is 24.6 Å². The molecule has 4 rings (SSSR count). The van der Waals surface area contributed by atoms with E-state index in [9.17, 15) is 4.79 Å². The molecule has 0 aromatic carbocycles. The zero-order valence-electron chi connectivity index (χ0n) is 13.4. The van der Waals surface area contributed by atoms with Crippen molar-refractivity contribution in [2.45, 2.75) is 25.8 Å². The zero-order valence-corrected chi connectivity index (χ0v) is 15.0. The average molecular weight is 351 g/mol. The molecule has 23 heavy (non-hydrogen) atoms. The lowest BCUT2D eigenvalue weighted by atomic mass is 10.0. The minimum atomic E-state index is 0.140. The number of thioether (sulfide) groups is 1. The quantitative estimate of drug-likeness (QED) is 0.834. The molecule has 2 aliphatic rings. The minimum Gasteiger partial charge on any atom is -0.337 e. The number of carbonyl (C=O) groups is 1. The largest absolute Gasteiger partial charge is 0.337 e. The van der Waals surface area contributed by atoms with Crippen LogP contribution >= 0.6 is 23.1 Å². The minimum absolute atomic E-state index is 0.140. The van der Waals surface area contributed by atoms with Gasteiger partial charge in [0.15, 0.2) is 4.96 Å². The third kappa shape index (κ3) is 2.90. The highest BCUT2D eigenvalue weighted by atomic mass is 32.2. The normalized spacial score (nSPS) is 21.2. The second-order valence-corrected chi connectivity index (χ2v) is 8.37. The summed E-state index contributed by atoms with van der Waals surface area (Å²) in [7, 11) is 0. The summed E-state index contributed by atoms with van der Waals surface area (Å²) >= 11 is 3.63. The van der Waals surface area contributed by atoms with E-state index in [1.54, 1.807) is 11.3 Å². The number of carbonyl (C=O) groups excluding carboxylic acids is 1. The fourth-order valence-electron chi connectivity index (χ4n) is 3.68. The van der Waals surface area contributed by atoms with Crippen LogP contribution in [0.15, 0.2) is 11.6 Å². The number of rotatable bonds is 2. The van der Waals surface area contributed by atoms with Gasteiger partial charge < -0.3 is 4.90 Å². The predicted molar refractivity (Wildman–Crippen MR) is 95.6 cm³/mol. The molecule has 4 heterocycles. The number of aryl methyl sites for hydroxylation is 1. The molecule has 0 unspecified atom stereocenters. The highest BCUT2D eigenvalue weighted by molar-refractivity contribution is 7.99. The van der Waals surface area contributed by atoms with Crippen LogP contribution in [0.2, 0.25) is 0 Å². The fraction of sp³-hybridized carbons (Fsp3) is 0.625. The summed E-state index contributed by atoms with van der Waals surface area (Å²) in [4.78, 5) is 23.0. The summed E-state index contributed by atoms with van der Waals surface area (Å²) in [6.07, 6.45) is 4.15. The predicted octanol–water partition coefficient (Wildman–Crippen LogP) is 2.36. The van der Waals surface area contributed by atoms with Gasteiger partial charge in [0.05, 0.1) is 5.69 Å². The first-order valence-corrected chi connectivity index (χ1v) is 10.3. The molecule has 0 atom stereocenters. The van der Waals surface area contributed by atoms with Crippen molar-refractivity contribution in [1.29, 1.82) is 0 Å². The summed E-state index contributed by atoms with van der Waals surface area (Å²) < 4.78 is 1.94. The number of imidazole rings is 1. The highest BCUT2D eigenvalue weighted by Crippen LogP contribution is 2.23. The molecule has 7 heteroatoms. The zero-order chi connectivity index (χ0) is 15.8. The smallest absolute Gasteiger partial charge is 0.272 e. The standard InChI is InChI=1S/C16H22N4OS2/c1-12-14(20-8-11-23-16(20)17-12)15(21)19-4-2-13(3-5-19)18-6-9-22-10-7-18/h8,11,13H,2-7,9-10H2,1H3. The van der Waals surface area contributed by atoms with E-state index < -0.39 is 0 Å². The van der Waals surface area contributed by atoms with E-state index in [4.69, 9.17) is 0 Å². The molecule has 0 spiro atoms. The number of amides is 1. The number of nitrogens with zero attached hydrogens (tertiary/aromatic N) is 4. The molecule has 0 saturated carbocycles. The molecule has 2 saturated heterocycles. The Morgan fingerprint density at radius 2 is 1.96 bits per heavy atom. The van der Waals surface area contributed by atoms with Gasteiger partial charge >= 0.3 is 0 Å². The maximum absolute atomic E-state index is 12.9. The topological polar surface area (TPSA) is 40.9 Å². The molecule has 1 amide bonds. The second kappa shape index (κ2) is 6.45. The Balaban J connectivity index is 1.44. The van der Waals surface area contributed by atoms with Crippen LogP contribution in [-0.2, 0) is 0 Å². The molecule has 0 N–H and O–H groups in total. The van der Waals surface area contributed by atoms with Gasteiger partial charge in [-0.2, -0.15) is 11.8 Å². The first-order chi connectivity index (χ1) is 11.2. The van der Waals surface area contributed by atoms with Crippen LogP contribution in [0.1, 0.15) is 29.0 Å². The van der Waals surface area contributed by atoms with Gasteiger partial charge in [-0.15, -0.1) is 11.3 Å². The Morgan fingerprint density at radius 1 is 1.22 bits per heavy atom. The second-order valence-electron chi connectivity index (χ2n) is 6.27. The van der Waals surface area contributed by atoms with Crippen LogP contribution in [0.5, 0.6) is 0 Å². The van der Waals surface area contributed by atoms with Gasteiger partial charge in [0.1, 0.15) is 5.69 Å². The van der Waals surface area contributed by atoms with Crippen LogP contribution in [0.25, 0.3) is 4.96 Å². The Labute approximate surface area is 144 Å². The molecule has 2 fully saturated rings. The van der Waals surface area contributed by atoms with Crippen molar-refractivity contribution in [3.05, 3.63) is 23.0 Å². The van der Waals surface area contributed by atoms with Gasteiger partial charge in [-0.1, -0.05) is 0 Å². The molecule has 2 aromatic heterocycles. The molecule has 2 aromatic rings. The number of fused-ring (bicyclic) bond motifs is 1. The molecule has 0 bridgehead atoms. The van der Waals surface area contributed by atoms with Gasteiger partial charge in [-0.25, -0.2) is 4.98 Å². The third-order valence-electron chi connectivity index (χ3n) is 4.95. The van der Waals surface area contributed by atoms with Gasteiger partial charge in [-0.05, 0) is 19.8 Å². The molecule has 0 aliphatic carbocycles. The first-order valence-electron chi connectivity index (χ1n) is 8.27. The summed E-state index contributed by atoms with van der Waals surface area (Å²) in [6, 6.07) is 0.660. The lowest BCUT2D eigenvalue weighted by molar-refractivity contribution is 0.0623. The molecule has 0 radical (unpaired) electrons. The van der Waals surface area contributed by atoms with E-state index in [-0.39, 0.29) is 5.91 Å². The molecule has 5 nitrogen and oxygen atoms in total. The van der Waals surface area contributed by atoms with Crippen molar-refractivity contribution < 1.29 is 4.79 Å². The lowest BCUT2D eigenvalue weighted by Crippen LogP contribution is -2.49. The van der Waals surface area contributed by atoms with Crippen molar-refractivity contribution in [3.63, 3.8) is 0 Å². The molecule has 2 aliphatic heterocycles. The number of piperidine rings is 1.